The fourth-order valence-electron chi connectivity index (χ4n) is 2.36. The van der Waals surface area contributed by atoms with Crippen LogP contribution in [0.3, 0.4) is 0 Å². The van der Waals surface area contributed by atoms with Gasteiger partial charge in [0.05, 0.1) is 15.9 Å². The van der Waals surface area contributed by atoms with Gasteiger partial charge in [0.1, 0.15) is 0 Å². The summed E-state index contributed by atoms with van der Waals surface area (Å²) in [6, 6.07) is 14.7. The number of aryl methyl sites for hydroxylation is 2. The van der Waals surface area contributed by atoms with Crippen LogP contribution in [0.2, 0.25) is 0 Å². The molecule has 0 fully saturated rings. The zero-order valence-electron chi connectivity index (χ0n) is 12.8. The fraction of sp³-hybridized carbons (Fsp3) is 0.111. The van der Waals surface area contributed by atoms with Gasteiger partial charge >= 0.3 is 0 Å². The molecule has 4 aromatic rings. The summed E-state index contributed by atoms with van der Waals surface area (Å²) in [7, 11) is 0. The summed E-state index contributed by atoms with van der Waals surface area (Å²) >= 11 is 3.26. The highest BCUT2D eigenvalue weighted by atomic mass is 32.1. The van der Waals surface area contributed by atoms with Crippen molar-refractivity contribution in [1.82, 2.24) is 9.97 Å². The van der Waals surface area contributed by atoms with E-state index in [1.54, 1.807) is 22.7 Å². The second-order valence-corrected chi connectivity index (χ2v) is 7.41. The number of fused-ring (bicyclic) bond motifs is 1. The first kappa shape index (κ1) is 14.4. The van der Waals surface area contributed by atoms with Gasteiger partial charge < -0.3 is 5.32 Å². The standard InChI is InChI=1S/C18H15N3S2/c1-11-3-6-13(7-4-11)15-10-22-17(20-15)21-18-19-14-8-5-12(2)9-16(14)23-18/h3-10H,1-2H3,(H,19,20,21). The van der Waals surface area contributed by atoms with E-state index in [9.17, 15) is 0 Å². The molecule has 2 aromatic carbocycles. The van der Waals surface area contributed by atoms with Crippen LogP contribution in [0.4, 0.5) is 10.3 Å². The van der Waals surface area contributed by atoms with Gasteiger partial charge in [-0.05, 0) is 31.5 Å². The Hall–Kier alpha value is -2.24. The highest BCUT2D eigenvalue weighted by Gasteiger charge is 2.08. The third-order valence-electron chi connectivity index (χ3n) is 3.61. The Morgan fingerprint density at radius 2 is 1.65 bits per heavy atom. The van der Waals surface area contributed by atoms with Gasteiger partial charge in [-0.25, -0.2) is 9.97 Å². The molecule has 23 heavy (non-hydrogen) atoms. The molecule has 2 aromatic heterocycles. The molecule has 2 heterocycles. The Labute approximate surface area is 142 Å². The maximum absolute atomic E-state index is 4.67. The first-order chi connectivity index (χ1) is 11.2. The van der Waals surface area contributed by atoms with Crippen molar-refractivity contribution in [3.63, 3.8) is 0 Å². The molecule has 0 aliphatic carbocycles. The van der Waals surface area contributed by atoms with Crippen molar-refractivity contribution in [2.75, 3.05) is 5.32 Å². The van der Waals surface area contributed by atoms with E-state index < -0.39 is 0 Å². The smallest absolute Gasteiger partial charge is 0.190 e. The van der Waals surface area contributed by atoms with E-state index in [-0.39, 0.29) is 0 Å². The molecule has 1 N–H and O–H groups in total. The number of hydrogen-bond donors (Lipinski definition) is 1. The Morgan fingerprint density at radius 1 is 0.870 bits per heavy atom. The predicted octanol–water partition coefficient (Wildman–Crippen LogP) is 5.78. The van der Waals surface area contributed by atoms with Crippen molar-refractivity contribution >= 4 is 43.2 Å². The van der Waals surface area contributed by atoms with E-state index >= 15 is 0 Å². The van der Waals surface area contributed by atoms with Crippen molar-refractivity contribution < 1.29 is 0 Å². The number of hydrogen-bond acceptors (Lipinski definition) is 5. The van der Waals surface area contributed by atoms with E-state index in [1.165, 1.54) is 15.8 Å². The van der Waals surface area contributed by atoms with Crippen LogP contribution in [-0.2, 0) is 0 Å². The van der Waals surface area contributed by atoms with Crippen LogP contribution in [0.1, 0.15) is 11.1 Å². The predicted molar refractivity (Wildman–Crippen MR) is 99.9 cm³/mol. The van der Waals surface area contributed by atoms with Crippen LogP contribution in [-0.4, -0.2) is 9.97 Å². The SMILES string of the molecule is Cc1ccc(-c2csc(Nc3nc4ccc(C)cc4s3)n2)cc1. The molecule has 0 aliphatic heterocycles. The second-order valence-electron chi connectivity index (χ2n) is 5.52. The van der Waals surface area contributed by atoms with Gasteiger partial charge in [-0.3, -0.25) is 0 Å². The summed E-state index contributed by atoms with van der Waals surface area (Å²) in [4.78, 5) is 9.28. The average molecular weight is 337 g/mol. The highest BCUT2D eigenvalue weighted by Crippen LogP contribution is 2.31. The third kappa shape index (κ3) is 2.98. The molecular weight excluding hydrogens is 322 g/mol. The van der Waals surface area contributed by atoms with Crippen LogP contribution in [0, 0.1) is 13.8 Å². The summed E-state index contributed by atoms with van der Waals surface area (Å²) in [6.45, 7) is 4.19. The van der Waals surface area contributed by atoms with E-state index in [0.717, 1.165) is 27.0 Å². The van der Waals surface area contributed by atoms with Crippen LogP contribution >= 0.6 is 22.7 Å². The Kier molecular flexibility index (Phi) is 3.59. The van der Waals surface area contributed by atoms with Crippen molar-refractivity contribution in [3.05, 3.63) is 59.0 Å². The van der Waals surface area contributed by atoms with Gasteiger partial charge in [-0.15, -0.1) is 11.3 Å². The normalized spacial score (nSPS) is 11.0. The number of anilines is 2. The number of rotatable bonds is 3. The Bertz CT molecular complexity index is 968. The summed E-state index contributed by atoms with van der Waals surface area (Å²) in [5.74, 6) is 0. The molecular formula is C18H15N3S2. The molecule has 4 rings (SSSR count). The van der Waals surface area contributed by atoms with E-state index in [2.05, 4.69) is 77.0 Å². The molecule has 0 bridgehead atoms. The second kappa shape index (κ2) is 5.76. The lowest BCUT2D eigenvalue weighted by atomic mass is 10.1. The summed E-state index contributed by atoms with van der Waals surface area (Å²) in [6.07, 6.45) is 0. The van der Waals surface area contributed by atoms with Gasteiger partial charge in [0.2, 0.25) is 0 Å². The van der Waals surface area contributed by atoms with Crippen molar-refractivity contribution in [3.8, 4) is 11.3 Å². The molecule has 0 saturated heterocycles. The molecule has 0 radical (unpaired) electrons. The molecule has 114 valence electrons. The van der Waals surface area contributed by atoms with Crippen LogP contribution in [0.25, 0.3) is 21.5 Å². The number of nitrogens with zero attached hydrogens (tertiary/aromatic N) is 2. The molecule has 0 spiro atoms. The van der Waals surface area contributed by atoms with Gasteiger partial charge in [0.25, 0.3) is 0 Å². The van der Waals surface area contributed by atoms with Gasteiger partial charge in [-0.1, -0.05) is 47.2 Å². The Balaban J connectivity index is 1.60. The van der Waals surface area contributed by atoms with Crippen LogP contribution in [0.15, 0.2) is 47.8 Å². The molecule has 0 amide bonds. The first-order valence-corrected chi connectivity index (χ1v) is 9.04. The minimum Gasteiger partial charge on any atom is -0.307 e. The minimum atomic E-state index is 0.872. The molecule has 5 heteroatoms. The largest absolute Gasteiger partial charge is 0.307 e. The summed E-state index contributed by atoms with van der Waals surface area (Å²) < 4.78 is 1.20. The lowest BCUT2D eigenvalue weighted by molar-refractivity contribution is 1.36. The van der Waals surface area contributed by atoms with Gasteiger partial charge in [0, 0.05) is 10.9 Å². The molecule has 0 aliphatic rings. The van der Waals surface area contributed by atoms with Gasteiger partial charge in [0.15, 0.2) is 10.3 Å². The zero-order chi connectivity index (χ0) is 15.8. The minimum absolute atomic E-state index is 0.872. The third-order valence-corrected chi connectivity index (χ3v) is 5.30. The van der Waals surface area contributed by atoms with Crippen molar-refractivity contribution in [1.29, 1.82) is 0 Å². The summed E-state index contributed by atoms with van der Waals surface area (Å²) in [5.41, 5.74) is 5.67. The lowest BCUT2D eigenvalue weighted by Crippen LogP contribution is -1.88. The molecule has 0 unspecified atom stereocenters. The first-order valence-electron chi connectivity index (χ1n) is 7.34. The number of thiazole rings is 2. The summed E-state index contributed by atoms with van der Waals surface area (Å²) in [5, 5.41) is 7.16. The topological polar surface area (TPSA) is 37.8 Å². The van der Waals surface area contributed by atoms with Crippen LogP contribution < -0.4 is 5.32 Å². The molecule has 0 atom stereocenters. The average Bonchev–Trinajstić information content (AvgIpc) is 3.14. The monoisotopic (exact) mass is 337 g/mol. The molecule has 0 saturated carbocycles. The van der Waals surface area contributed by atoms with E-state index in [4.69, 9.17) is 0 Å². The maximum atomic E-state index is 4.67. The Morgan fingerprint density at radius 3 is 2.48 bits per heavy atom. The fourth-order valence-corrected chi connectivity index (χ4v) is 4.11. The molecule has 3 nitrogen and oxygen atoms in total. The van der Waals surface area contributed by atoms with Crippen LogP contribution in [0.5, 0.6) is 0 Å². The zero-order valence-corrected chi connectivity index (χ0v) is 14.5. The highest BCUT2D eigenvalue weighted by molar-refractivity contribution is 7.22. The number of aromatic nitrogens is 2. The maximum Gasteiger partial charge on any atom is 0.190 e. The van der Waals surface area contributed by atoms with E-state index in [0.29, 0.717) is 0 Å². The quantitative estimate of drug-likeness (QED) is 0.515. The van der Waals surface area contributed by atoms with Crippen molar-refractivity contribution in [2.24, 2.45) is 0 Å². The lowest BCUT2D eigenvalue weighted by Gasteiger charge is -1.98. The van der Waals surface area contributed by atoms with E-state index in [1.807, 2.05) is 0 Å². The number of benzene rings is 2. The van der Waals surface area contributed by atoms with Gasteiger partial charge in [-0.2, -0.15) is 0 Å². The van der Waals surface area contributed by atoms with Crippen molar-refractivity contribution in [2.45, 2.75) is 13.8 Å². The number of nitrogens with one attached hydrogen (secondary N) is 1.